The number of carbonyl (C=O) groups is 1. The zero-order valence-electron chi connectivity index (χ0n) is 11.9. The van der Waals surface area contributed by atoms with E-state index in [4.69, 9.17) is 17.9 Å². The van der Waals surface area contributed by atoms with Crippen LogP contribution in [0.2, 0.25) is 0 Å². The average Bonchev–Trinajstić information content (AvgIpc) is 2.27. The topological polar surface area (TPSA) is 81.7 Å². The molecule has 0 aliphatic carbocycles. The van der Waals surface area contributed by atoms with Gasteiger partial charge in [0, 0.05) is 13.2 Å². The molecule has 19 heavy (non-hydrogen) atoms. The average molecular weight is 293 g/mol. The molecule has 1 fully saturated rings. The number of amides is 1. The van der Waals surface area contributed by atoms with Crippen molar-refractivity contribution in [2.45, 2.75) is 52.2 Å². The third-order valence-electron chi connectivity index (χ3n) is 2.47. The second-order valence-electron chi connectivity index (χ2n) is 5.59. The van der Waals surface area contributed by atoms with Crippen molar-refractivity contribution in [3.05, 3.63) is 0 Å². The van der Waals surface area contributed by atoms with Gasteiger partial charge in [0.1, 0.15) is 5.60 Å². The minimum atomic E-state index is -0.750. The lowest BCUT2D eigenvalue weighted by molar-refractivity contribution is -0.0123. The summed E-state index contributed by atoms with van der Waals surface area (Å²) in [7, 11) is 0. The Morgan fingerprint density at radius 1 is 1.37 bits per heavy atom. The normalized spacial score (nSPS) is 22.7. The van der Waals surface area contributed by atoms with Gasteiger partial charge in [-0.05, 0) is 39.5 Å². The van der Waals surface area contributed by atoms with Crippen LogP contribution in [0.1, 0.15) is 40.5 Å². The van der Waals surface area contributed by atoms with E-state index in [1.54, 1.807) is 0 Å². The molecule has 0 unspecified atom stereocenters. The molecule has 0 radical (unpaired) electrons. The van der Waals surface area contributed by atoms with E-state index >= 15 is 0 Å². The molecule has 1 rings (SSSR count). The van der Waals surface area contributed by atoms with Crippen molar-refractivity contribution in [2.75, 3.05) is 13.2 Å². The molecule has 0 spiro atoms. The van der Waals surface area contributed by atoms with Gasteiger partial charge in [-0.1, -0.05) is 6.92 Å². The summed E-state index contributed by atoms with van der Waals surface area (Å²) in [5.74, 6) is 0.637. The standard InChI is InChI=1S/C12H23NO3.O2S/c1-9-5-6-10(15-8-9)7-13-11(14)16-12(2,3)4;1-3-2/h9-10H,5-8H2,1-4H3,(H,13,14);/t9-,10+;/m1./s1. The molecule has 112 valence electrons. The lowest BCUT2D eigenvalue weighted by Crippen LogP contribution is -2.39. The molecule has 0 saturated carbocycles. The van der Waals surface area contributed by atoms with Crippen LogP contribution in [0, 0.1) is 5.92 Å². The molecule has 0 aromatic heterocycles. The van der Waals surface area contributed by atoms with Gasteiger partial charge in [-0.3, -0.25) is 0 Å². The van der Waals surface area contributed by atoms with Crippen LogP contribution in [0.15, 0.2) is 0 Å². The van der Waals surface area contributed by atoms with Gasteiger partial charge in [0.05, 0.1) is 6.10 Å². The van der Waals surface area contributed by atoms with Crippen molar-refractivity contribution in [1.29, 1.82) is 0 Å². The summed E-state index contributed by atoms with van der Waals surface area (Å²) in [6.45, 7) is 9.07. The molecular weight excluding hydrogens is 270 g/mol. The lowest BCUT2D eigenvalue weighted by Gasteiger charge is -2.27. The second-order valence-corrected chi connectivity index (χ2v) is 5.72. The van der Waals surface area contributed by atoms with Crippen LogP contribution in [0.3, 0.4) is 0 Å². The molecule has 0 aromatic rings. The Balaban J connectivity index is 0.000000982. The molecule has 0 aromatic carbocycles. The van der Waals surface area contributed by atoms with Crippen LogP contribution in [0.4, 0.5) is 4.79 Å². The van der Waals surface area contributed by atoms with Crippen molar-refractivity contribution >= 4 is 17.7 Å². The first-order valence-electron chi connectivity index (χ1n) is 6.28. The van der Waals surface area contributed by atoms with E-state index in [0.29, 0.717) is 12.5 Å². The molecule has 1 heterocycles. The summed E-state index contributed by atoms with van der Waals surface area (Å²) >= 11 is -0.750. The molecule has 0 bridgehead atoms. The molecule has 2 atom stereocenters. The van der Waals surface area contributed by atoms with Crippen LogP contribution in [0.25, 0.3) is 0 Å². The van der Waals surface area contributed by atoms with E-state index < -0.39 is 17.2 Å². The van der Waals surface area contributed by atoms with Gasteiger partial charge in [0.2, 0.25) is 0 Å². The molecule has 1 aliphatic heterocycles. The van der Waals surface area contributed by atoms with E-state index in [2.05, 4.69) is 12.2 Å². The first-order valence-corrected chi connectivity index (χ1v) is 6.95. The fourth-order valence-electron chi connectivity index (χ4n) is 1.61. The molecule has 6 nitrogen and oxygen atoms in total. The first kappa shape index (κ1) is 18.0. The van der Waals surface area contributed by atoms with Crippen LogP contribution in [-0.2, 0) is 21.0 Å². The monoisotopic (exact) mass is 293 g/mol. The van der Waals surface area contributed by atoms with Crippen LogP contribution >= 0.6 is 0 Å². The number of ether oxygens (including phenoxy) is 2. The van der Waals surface area contributed by atoms with Crippen molar-refractivity contribution in [2.24, 2.45) is 5.92 Å². The Morgan fingerprint density at radius 2 is 1.95 bits per heavy atom. The van der Waals surface area contributed by atoms with Gasteiger partial charge < -0.3 is 14.8 Å². The number of nitrogens with one attached hydrogen (secondary N) is 1. The van der Waals surface area contributed by atoms with Gasteiger partial charge >= 0.3 is 17.7 Å². The highest BCUT2D eigenvalue weighted by Crippen LogP contribution is 2.17. The van der Waals surface area contributed by atoms with Crippen LogP contribution in [-0.4, -0.2) is 39.4 Å². The number of carbonyl (C=O) groups excluding carboxylic acids is 1. The quantitative estimate of drug-likeness (QED) is 0.837. The van der Waals surface area contributed by atoms with E-state index in [-0.39, 0.29) is 12.2 Å². The Kier molecular flexibility index (Phi) is 8.58. The predicted molar refractivity (Wildman–Crippen MR) is 71.3 cm³/mol. The van der Waals surface area contributed by atoms with Crippen molar-refractivity contribution in [3.63, 3.8) is 0 Å². The zero-order chi connectivity index (χ0) is 14.9. The second kappa shape index (κ2) is 9.03. The summed E-state index contributed by atoms with van der Waals surface area (Å²) in [5, 5.41) is 2.74. The summed E-state index contributed by atoms with van der Waals surface area (Å²) in [6.07, 6.45) is 1.95. The van der Waals surface area contributed by atoms with Crippen molar-refractivity contribution in [3.8, 4) is 0 Å². The maximum absolute atomic E-state index is 11.4. The van der Waals surface area contributed by atoms with Crippen LogP contribution in [0.5, 0.6) is 0 Å². The predicted octanol–water partition coefficient (Wildman–Crippen LogP) is 1.66. The summed E-state index contributed by atoms with van der Waals surface area (Å²) in [5.41, 5.74) is -0.438. The number of rotatable bonds is 2. The molecule has 1 aliphatic rings. The number of hydrogen-bond donors (Lipinski definition) is 1. The summed E-state index contributed by atoms with van der Waals surface area (Å²) in [4.78, 5) is 11.4. The first-order chi connectivity index (χ1) is 8.78. The van der Waals surface area contributed by atoms with Gasteiger partial charge in [-0.15, -0.1) is 0 Å². The highest BCUT2D eigenvalue weighted by molar-refractivity contribution is 7.51. The van der Waals surface area contributed by atoms with Crippen molar-refractivity contribution < 1.29 is 22.7 Å². The van der Waals surface area contributed by atoms with E-state index in [1.807, 2.05) is 20.8 Å². The Labute approximate surface area is 117 Å². The molecule has 7 heteroatoms. The van der Waals surface area contributed by atoms with Gasteiger partial charge in [0.15, 0.2) is 0 Å². The Bertz CT molecular complexity index is 302. The molecule has 1 N–H and O–H groups in total. The molecule has 1 amide bonds. The van der Waals surface area contributed by atoms with E-state index in [9.17, 15) is 4.79 Å². The number of alkyl carbamates (subject to hydrolysis) is 1. The van der Waals surface area contributed by atoms with Crippen molar-refractivity contribution in [1.82, 2.24) is 5.32 Å². The Hall–Kier alpha value is -0.950. The largest absolute Gasteiger partial charge is 0.444 e. The highest BCUT2D eigenvalue weighted by atomic mass is 32.1. The third-order valence-corrected chi connectivity index (χ3v) is 2.47. The van der Waals surface area contributed by atoms with Gasteiger partial charge in [-0.2, -0.15) is 8.42 Å². The van der Waals surface area contributed by atoms with Crippen LogP contribution < -0.4 is 5.32 Å². The van der Waals surface area contributed by atoms with Gasteiger partial charge in [-0.25, -0.2) is 4.79 Å². The van der Waals surface area contributed by atoms with Gasteiger partial charge in [0.25, 0.3) is 0 Å². The minimum Gasteiger partial charge on any atom is -0.444 e. The lowest BCUT2D eigenvalue weighted by atomic mass is 10.0. The highest BCUT2D eigenvalue weighted by Gasteiger charge is 2.21. The molecular formula is C12H23NO5S. The molecule has 1 saturated heterocycles. The minimum absolute atomic E-state index is 0.142. The fourth-order valence-corrected chi connectivity index (χ4v) is 1.61. The Morgan fingerprint density at radius 3 is 2.37 bits per heavy atom. The number of hydrogen-bond acceptors (Lipinski definition) is 5. The smallest absolute Gasteiger partial charge is 0.407 e. The summed E-state index contributed by atoms with van der Waals surface area (Å²) < 4.78 is 27.3. The maximum atomic E-state index is 11.4. The zero-order valence-corrected chi connectivity index (χ0v) is 12.7. The van der Waals surface area contributed by atoms with E-state index in [0.717, 1.165) is 13.0 Å². The fraction of sp³-hybridized carbons (Fsp3) is 0.917. The third kappa shape index (κ3) is 10.6. The summed E-state index contributed by atoms with van der Waals surface area (Å²) in [6, 6.07) is 0. The SMILES string of the molecule is C[C@@H]1CC[C@@H](CNC(=O)OC(C)(C)C)OC1.O=S=O. The maximum Gasteiger partial charge on any atom is 0.407 e. The van der Waals surface area contributed by atoms with E-state index in [1.165, 1.54) is 6.42 Å².